The van der Waals surface area contributed by atoms with Crippen molar-refractivity contribution in [2.75, 3.05) is 6.61 Å². The van der Waals surface area contributed by atoms with E-state index >= 15 is 0 Å². The van der Waals surface area contributed by atoms with E-state index in [9.17, 15) is 22.0 Å². The van der Waals surface area contributed by atoms with Crippen LogP contribution in [0.1, 0.15) is 0 Å². The molecule has 1 atom stereocenters. The second-order valence-corrected chi connectivity index (χ2v) is 1.94. The van der Waals surface area contributed by atoms with Crippen LogP contribution in [-0.2, 0) is 4.74 Å². The molecule has 1 aliphatic heterocycles. The highest BCUT2D eigenvalue weighted by Gasteiger charge is 2.67. The van der Waals surface area contributed by atoms with Crippen molar-refractivity contribution in [3.63, 3.8) is 0 Å². The van der Waals surface area contributed by atoms with Crippen molar-refractivity contribution >= 4 is 0 Å². The Balaban J connectivity index is 2.66. The molecule has 1 nitrogen and oxygen atoms in total. The van der Waals surface area contributed by atoms with Crippen LogP contribution in [0.3, 0.4) is 0 Å². The van der Waals surface area contributed by atoms with Crippen LogP contribution in [0, 0.1) is 0 Å². The Hall–Kier alpha value is -0.390. The summed E-state index contributed by atoms with van der Waals surface area (Å²) in [6, 6.07) is 0. The molecule has 0 aromatic carbocycles. The smallest absolute Gasteiger partial charge is 0.366 e. The molecule has 1 unspecified atom stereocenters. The normalized spacial score (nSPS) is 26.7. The minimum Gasteiger partial charge on any atom is -0.366 e. The van der Waals surface area contributed by atoms with E-state index < -0.39 is 24.8 Å². The van der Waals surface area contributed by atoms with Gasteiger partial charge in [-0.1, -0.05) is 0 Å². The maximum absolute atomic E-state index is 11.9. The first-order valence-corrected chi connectivity index (χ1v) is 2.42. The minimum atomic E-state index is -5.48. The van der Waals surface area contributed by atoms with E-state index in [1.165, 1.54) is 0 Å². The Bertz CT molecular complexity index is 135. The lowest BCUT2D eigenvalue weighted by molar-refractivity contribution is -0.288. The van der Waals surface area contributed by atoms with Crippen molar-refractivity contribution in [1.82, 2.24) is 0 Å². The van der Waals surface area contributed by atoms with E-state index in [0.29, 0.717) is 0 Å². The van der Waals surface area contributed by atoms with Gasteiger partial charge in [0.1, 0.15) is 0 Å². The average molecular weight is 162 g/mol. The van der Waals surface area contributed by atoms with E-state index in [1.807, 2.05) is 0 Å². The third-order valence-corrected chi connectivity index (χ3v) is 1.12. The molecule has 0 N–H and O–H groups in total. The van der Waals surface area contributed by atoms with E-state index in [0.717, 1.165) is 0 Å². The topological polar surface area (TPSA) is 12.5 Å². The predicted octanol–water partition coefficient (Wildman–Crippen LogP) is 1.58. The highest BCUT2D eigenvalue weighted by atomic mass is 19.4. The van der Waals surface area contributed by atoms with Crippen LogP contribution >= 0.6 is 0 Å². The van der Waals surface area contributed by atoms with Gasteiger partial charge in [-0.05, 0) is 0 Å². The van der Waals surface area contributed by atoms with Gasteiger partial charge in [-0.25, -0.2) is 0 Å². The molecule has 0 aliphatic carbocycles. The van der Waals surface area contributed by atoms with Gasteiger partial charge in [-0.2, -0.15) is 22.0 Å². The monoisotopic (exact) mass is 162 g/mol. The lowest BCUT2D eigenvalue weighted by atomic mass is 10.2. The Morgan fingerprint density at radius 1 is 1.10 bits per heavy atom. The standard InChI is InChI=1S/C4H3F5O/c5-3(6,2-1-10-2)4(7,8)9/h2H,1H2. The van der Waals surface area contributed by atoms with Crippen LogP contribution in [0.4, 0.5) is 22.0 Å². The number of hydrogen-bond donors (Lipinski definition) is 0. The van der Waals surface area contributed by atoms with Crippen molar-refractivity contribution in [1.29, 1.82) is 0 Å². The molecule has 0 bridgehead atoms. The molecule has 6 heteroatoms. The fourth-order valence-corrected chi connectivity index (χ4v) is 0.440. The first-order valence-electron chi connectivity index (χ1n) is 2.42. The van der Waals surface area contributed by atoms with Crippen LogP contribution in [0.2, 0.25) is 0 Å². The Kier molecular flexibility index (Phi) is 1.39. The number of epoxide rings is 1. The molecule has 0 amide bonds. The summed E-state index contributed by atoms with van der Waals surface area (Å²) < 4.78 is 61.4. The highest BCUT2D eigenvalue weighted by molar-refractivity contribution is 4.91. The Labute approximate surface area is 52.8 Å². The van der Waals surface area contributed by atoms with Crippen molar-refractivity contribution < 1.29 is 26.7 Å². The third-order valence-electron chi connectivity index (χ3n) is 1.12. The molecule has 0 spiro atoms. The summed E-state index contributed by atoms with van der Waals surface area (Å²) >= 11 is 0. The molecular formula is C4H3F5O. The highest BCUT2D eigenvalue weighted by Crippen LogP contribution is 2.43. The SMILES string of the molecule is FC(F)(F)C(F)(F)C1CO1. The third kappa shape index (κ3) is 1.07. The summed E-state index contributed by atoms with van der Waals surface area (Å²) in [7, 11) is 0. The van der Waals surface area contributed by atoms with Crippen LogP contribution in [-0.4, -0.2) is 24.8 Å². The Morgan fingerprint density at radius 3 is 1.60 bits per heavy atom. The van der Waals surface area contributed by atoms with Gasteiger partial charge >= 0.3 is 12.1 Å². The Morgan fingerprint density at radius 2 is 1.50 bits per heavy atom. The van der Waals surface area contributed by atoms with Gasteiger partial charge in [0.15, 0.2) is 6.10 Å². The molecule has 0 saturated carbocycles. The lowest BCUT2D eigenvalue weighted by Gasteiger charge is -2.16. The van der Waals surface area contributed by atoms with Gasteiger partial charge in [0, 0.05) is 0 Å². The number of rotatable bonds is 1. The maximum Gasteiger partial charge on any atom is 0.456 e. The molecule has 10 heavy (non-hydrogen) atoms. The van der Waals surface area contributed by atoms with Gasteiger partial charge in [0.05, 0.1) is 6.61 Å². The molecule has 1 heterocycles. The van der Waals surface area contributed by atoms with Crippen LogP contribution in [0.5, 0.6) is 0 Å². The fraction of sp³-hybridized carbons (Fsp3) is 1.00. The van der Waals surface area contributed by atoms with Gasteiger partial charge in [-0.15, -0.1) is 0 Å². The molecule has 0 radical (unpaired) electrons. The van der Waals surface area contributed by atoms with Gasteiger partial charge in [-0.3, -0.25) is 0 Å². The van der Waals surface area contributed by atoms with Gasteiger partial charge in [0.2, 0.25) is 0 Å². The van der Waals surface area contributed by atoms with Crippen LogP contribution in [0.25, 0.3) is 0 Å². The summed E-state index contributed by atoms with van der Waals surface area (Å²) in [6.45, 7) is -0.507. The van der Waals surface area contributed by atoms with Gasteiger partial charge < -0.3 is 4.74 Å². The zero-order valence-electron chi connectivity index (χ0n) is 4.58. The second-order valence-electron chi connectivity index (χ2n) is 1.94. The fourth-order valence-electron chi connectivity index (χ4n) is 0.440. The van der Waals surface area contributed by atoms with E-state index in [-0.39, 0.29) is 0 Å². The number of ether oxygens (including phenoxy) is 1. The molecular weight excluding hydrogens is 159 g/mol. The van der Waals surface area contributed by atoms with E-state index in [4.69, 9.17) is 0 Å². The first-order chi connectivity index (χ1) is 4.36. The van der Waals surface area contributed by atoms with Crippen molar-refractivity contribution in [2.45, 2.75) is 18.2 Å². The minimum absolute atomic E-state index is 0.507. The first kappa shape index (κ1) is 7.71. The molecule has 1 fully saturated rings. The zero-order chi connectivity index (χ0) is 7.99. The van der Waals surface area contributed by atoms with Crippen molar-refractivity contribution in [2.24, 2.45) is 0 Å². The molecule has 0 aromatic rings. The summed E-state index contributed by atoms with van der Waals surface area (Å²) in [5.74, 6) is -4.67. The van der Waals surface area contributed by atoms with Crippen LogP contribution < -0.4 is 0 Å². The summed E-state index contributed by atoms with van der Waals surface area (Å²) in [5, 5.41) is 0. The molecule has 1 rings (SSSR count). The van der Waals surface area contributed by atoms with Gasteiger partial charge in [0.25, 0.3) is 0 Å². The molecule has 60 valence electrons. The van der Waals surface area contributed by atoms with Crippen molar-refractivity contribution in [3.8, 4) is 0 Å². The second kappa shape index (κ2) is 1.81. The quantitative estimate of drug-likeness (QED) is 0.421. The number of alkyl halides is 5. The average Bonchev–Trinajstić information content (AvgIpc) is 2.38. The zero-order valence-corrected chi connectivity index (χ0v) is 4.58. The predicted molar refractivity (Wildman–Crippen MR) is 20.7 cm³/mol. The maximum atomic E-state index is 11.9. The van der Waals surface area contributed by atoms with Crippen LogP contribution in [0.15, 0.2) is 0 Å². The summed E-state index contributed by atoms with van der Waals surface area (Å²) in [6.07, 6.45) is -7.43. The van der Waals surface area contributed by atoms with E-state index in [1.54, 1.807) is 0 Å². The molecule has 0 aromatic heterocycles. The lowest BCUT2D eigenvalue weighted by Crippen LogP contribution is -2.41. The molecule has 1 aliphatic rings. The summed E-state index contributed by atoms with van der Waals surface area (Å²) in [4.78, 5) is 0. The van der Waals surface area contributed by atoms with E-state index in [2.05, 4.69) is 4.74 Å². The summed E-state index contributed by atoms with van der Waals surface area (Å²) in [5.41, 5.74) is 0. The number of hydrogen-bond acceptors (Lipinski definition) is 1. The largest absolute Gasteiger partial charge is 0.456 e. The van der Waals surface area contributed by atoms with Crippen molar-refractivity contribution in [3.05, 3.63) is 0 Å². The molecule has 1 saturated heterocycles. The number of halogens is 5.